The smallest absolute Gasteiger partial charge is 0.343 e. The van der Waals surface area contributed by atoms with Crippen molar-refractivity contribution in [3.8, 4) is 29.1 Å². The van der Waals surface area contributed by atoms with Crippen LogP contribution in [0.25, 0.3) is 0 Å². The van der Waals surface area contributed by atoms with E-state index in [2.05, 4.69) is 41.0 Å². The third kappa shape index (κ3) is 11.4. The number of hydrogen-bond donors (Lipinski definition) is 0. The van der Waals surface area contributed by atoms with E-state index in [0.29, 0.717) is 37.4 Å². The van der Waals surface area contributed by atoms with Crippen LogP contribution in [-0.4, -0.2) is 44.3 Å². The fraction of sp³-hybridized carbons (Fsp3) is 0.205. The topological polar surface area (TPSA) is 97.4 Å². The molecule has 0 N–H and O–H groups in total. The van der Waals surface area contributed by atoms with Gasteiger partial charge in [0.05, 0.1) is 37.6 Å². The molecule has 0 fully saturated rings. The molecule has 4 aromatic rings. The Morgan fingerprint density at radius 1 is 0.708 bits per heavy atom. The molecular weight excluding hydrogens is 723 g/mol. The third-order valence-electron chi connectivity index (χ3n) is 6.66. The van der Waals surface area contributed by atoms with E-state index >= 15 is 0 Å². The highest BCUT2D eigenvalue weighted by atomic mass is 127. The highest BCUT2D eigenvalue weighted by molar-refractivity contribution is 14.1. The maximum Gasteiger partial charge on any atom is 0.343 e. The molecule has 0 bridgehead atoms. The minimum Gasteiger partial charge on any atom is -0.494 e. The normalized spacial score (nSPS) is 10.3. The monoisotopic (exact) mass is 758 g/mol. The van der Waals surface area contributed by atoms with E-state index in [9.17, 15) is 14.4 Å². The number of carbonyl (C=O) groups excluding carboxylic acids is 3. The highest BCUT2D eigenvalue weighted by Crippen LogP contribution is 2.27. The average Bonchev–Trinajstić information content (AvgIpc) is 3.10. The minimum absolute atomic E-state index is 0.0205. The van der Waals surface area contributed by atoms with Crippen LogP contribution in [0.2, 0.25) is 0 Å². The van der Waals surface area contributed by atoms with Gasteiger partial charge in [-0.05, 0) is 120 Å². The van der Waals surface area contributed by atoms with Crippen LogP contribution in [0, 0.1) is 15.4 Å². The number of rotatable bonds is 15. The molecule has 0 aliphatic carbocycles. The summed E-state index contributed by atoms with van der Waals surface area (Å²) in [4.78, 5) is 38.7. The number of benzene rings is 4. The van der Waals surface area contributed by atoms with Crippen molar-refractivity contribution in [2.45, 2.75) is 26.2 Å². The first-order valence-corrected chi connectivity index (χ1v) is 16.5. The van der Waals surface area contributed by atoms with E-state index in [0.717, 1.165) is 27.7 Å². The zero-order valence-corrected chi connectivity index (χ0v) is 28.7. The number of unbranched alkanes of at least 4 members (excludes halogenated alkanes) is 1. The first-order chi connectivity index (χ1) is 23.4. The summed E-state index contributed by atoms with van der Waals surface area (Å²) < 4.78 is 28.5. The molecule has 0 radical (unpaired) electrons. The molecule has 0 aromatic heterocycles. The summed E-state index contributed by atoms with van der Waals surface area (Å²) in [6.07, 6.45) is 4.00. The van der Waals surface area contributed by atoms with Crippen LogP contribution in [0.4, 0.5) is 0 Å². The molecule has 0 unspecified atom stereocenters. The predicted octanol–water partition coefficient (Wildman–Crippen LogP) is 8.06. The van der Waals surface area contributed by atoms with Gasteiger partial charge < -0.3 is 23.7 Å². The second kappa shape index (κ2) is 19.0. The van der Waals surface area contributed by atoms with Crippen LogP contribution in [0.5, 0.6) is 17.2 Å². The molecule has 9 heteroatoms. The SMILES string of the molecule is C=CCOCCCOc1ccc(C#Cc2ccc(C(=O)Oc3ccc(OC(=O)c4ccc(I)cc4)cc3C(=O)OCCCC)cc2)cc1. The molecule has 0 amide bonds. The van der Waals surface area contributed by atoms with Crippen LogP contribution in [-0.2, 0) is 9.47 Å². The summed E-state index contributed by atoms with van der Waals surface area (Å²) in [6.45, 7) is 7.48. The summed E-state index contributed by atoms with van der Waals surface area (Å²) >= 11 is 2.14. The van der Waals surface area contributed by atoms with Gasteiger partial charge in [0.2, 0.25) is 0 Å². The van der Waals surface area contributed by atoms with Crippen molar-refractivity contribution in [1.82, 2.24) is 0 Å². The fourth-order valence-electron chi connectivity index (χ4n) is 4.10. The molecule has 0 heterocycles. The lowest BCUT2D eigenvalue weighted by Crippen LogP contribution is -2.14. The van der Waals surface area contributed by atoms with Gasteiger partial charge >= 0.3 is 17.9 Å². The van der Waals surface area contributed by atoms with Crippen LogP contribution in [0.1, 0.15) is 68.4 Å². The zero-order chi connectivity index (χ0) is 34.1. The van der Waals surface area contributed by atoms with Gasteiger partial charge in [-0.25, -0.2) is 14.4 Å². The molecule has 0 aliphatic heterocycles. The van der Waals surface area contributed by atoms with E-state index in [1.54, 1.807) is 54.6 Å². The van der Waals surface area contributed by atoms with E-state index in [1.165, 1.54) is 18.2 Å². The maximum absolute atomic E-state index is 13.1. The van der Waals surface area contributed by atoms with Gasteiger partial charge in [-0.2, -0.15) is 0 Å². The van der Waals surface area contributed by atoms with Crippen LogP contribution < -0.4 is 14.2 Å². The quantitative estimate of drug-likeness (QED) is 0.0300. The molecule has 0 spiro atoms. The Morgan fingerprint density at radius 2 is 1.31 bits per heavy atom. The molecular formula is C39H35IO8. The van der Waals surface area contributed by atoms with Crippen molar-refractivity contribution >= 4 is 40.5 Å². The zero-order valence-electron chi connectivity index (χ0n) is 26.5. The maximum atomic E-state index is 13.1. The van der Waals surface area contributed by atoms with Crippen molar-refractivity contribution in [1.29, 1.82) is 0 Å². The fourth-order valence-corrected chi connectivity index (χ4v) is 4.46. The Kier molecular flexibility index (Phi) is 14.2. The van der Waals surface area contributed by atoms with Gasteiger partial charge in [-0.3, -0.25) is 0 Å². The Labute approximate surface area is 294 Å². The second-order valence-corrected chi connectivity index (χ2v) is 11.6. The number of carbonyl (C=O) groups is 3. The Morgan fingerprint density at radius 3 is 1.96 bits per heavy atom. The van der Waals surface area contributed by atoms with Crippen LogP contribution in [0.3, 0.4) is 0 Å². The molecule has 4 rings (SSSR count). The lowest BCUT2D eigenvalue weighted by atomic mass is 10.1. The Balaban J connectivity index is 1.39. The van der Waals surface area contributed by atoms with E-state index in [4.69, 9.17) is 23.7 Å². The van der Waals surface area contributed by atoms with Gasteiger partial charge in [0.25, 0.3) is 0 Å². The number of esters is 3. The molecule has 0 saturated heterocycles. The third-order valence-corrected chi connectivity index (χ3v) is 7.38. The molecule has 0 saturated carbocycles. The number of ether oxygens (including phenoxy) is 5. The average molecular weight is 759 g/mol. The number of hydrogen-bond acceptors (Lipinski definition) is 8. The van der Waals surface area contributed by atoms with E-state index in [-0.39, 0.29) is 29.2 Å². The molecule has 0 aliphatic rings. The molecule has 4 aromatic carbocycles. The Hall–Kier alpha value is -4.92. The first kappa shape index (κ1) is 35.9. The molecule has 8 nitrogen and oxygen atoms in total. The molecule has 48 heavy (non-hydrogen) atoms. The summed E-state index contributed by atoms with van der Waals surface area (Å²) in [5, 5.41) is 0. The summed E-state index contributed by atoms with van der Waals surface area (Å²) in [6, 6.07) is 25.2. The van der Waals surface area contributed by atoms with Crippen LogP contribution in [0.15, 0.2) is 104 Å². The largest absolute Gasteiger partial charge is 0.494 e. The second-order valence-electron chi connectivity index (χ2n) is 10.4. The van der Waals surface area contributed by atoms with Crippen molar-refractivity contribution in [3.63, 3.8) is 0 Å². The molecule has 246 valence electrons. The predicted molar refractivity (Wildman–Crippen MR) is 191 cm³/mol. The lowest BCUT2D eigenvalue weighted by Gasteiger charge is -2.12. The van der Waals surface area contributed by atoms with Gasteiger partial charge in [-0.1, -0.05) is 31.3 Å². The summed E-state index contributed by atoms with van der Waals surface area (Å²) in [5.74, 6) is 5.06. The number of halogens is 1. The van der Waals surface area contributed by atoms with Gasteiger partial charge in [0.15, 0.2) is 0 Å². The van der Waals surface area contributed by atoms with Crippen LogP contribution >= 0.6 is 22.6 Å². The minimum atomic E-state index is -0.697. The van der Waals surface area contributed by atoms with Crippen molar-refractivity contribution in [2.24, 2.45) is 0 Å². The van der Waals surface area contributed by atoms with Gasteiger partial charge in [-0.15, -0.1) is 6.58 Å². The van der Waals surface area contributed by atoms with Crippen molar-refractivity contribution in [2.75, 3.05) is 26.4 Å². The molecule has 0 atom stereocenters. The van der Waals surface area contributed by atoms with Gasteiger partial charge in [0.1, 0.15) is 22.8 Å². The Bertz CT molecular complexity index is 1750. The van der Waals surface area contributed by atoms with Gasteiger partial charge in [0, 0.05) is 21.1 Å². The van der Waals surface area contributed by atoms with E-state index < -0.39 is 17.9 Å². The standard InChI is InChI=1S/C39H35IO8/c1-3-5-25-46-39(43)35-27-34(47-37(41)31-15-17-32(40)18-16-31)21-22-36(35)48-38(42)30-13-9-28(10-14-30)7-8-29-11-19-33(20-12-29)45-26-6-24-44-23-4-2/h4,9-22,27H,2-3,5-6,23-26H2,1H3. The van der Waals surface area contributed by atoms with Crippen molar-refractivity contribution in [3.05, 3.63) is 135 Å². The lowest BCUT2D eigenvalue weighted by molar-refractivity contribution is 0.0492. The van der Waals surface area contributed by atoms with E-state index in [1.807, 2.05) is 31.2 Å². The first-order valence-electron chi connectivity index (χ1n) is 15.4. The summed E-state index contributed by atoms with van der Waals surface area (Å²) in [7, 11) is 0. The highest BCUT2D eigenvalue weighted by Gasteiger charge is 2.20. The summed E-state index contributed by atoms with van der Waals surface area (Å²) in [5.41, 5.74) is 2.09. The van der Waals surface area contributed by atoms with Crippen molar-refractivity contribution < 1.29 is 38.1 Å².